The fourth-order valence-electron chi connectivity index (χ4n) is 15.0. The minimum Gasteiger partial charge on any atom is -0.393 e. The summed E-state index contributed by atoms with van der Waals surface area (Å²) in [7, 11) is 4.01. The molecule has 0 amide bonds. The molecule has 19 heteroatoms. The van der Waals surface area contributed by atoms with Crippen molar-refractivity contribution >= 4 is 94.2 Å². The molecule has 0 spiro atoms. The van der Waals surface area contributed by atoms with Crippen molar-refractivity contribution in [3.8, 4) is 0 Å². The lowest BCUT2D eigenvalue weighted by atomic mass is 9.89. The van der Waals surface area contributed by atoms with Crippen LogP contribution in [0.1, 0.15) is 119 Å². The lowest BCUT2D eigenvalue weighted by molar-refractivity contribution is 0.0793. The number of H-pyrrole nitrogens is 5. The van der Waals surface area contributed by atoms with E-state index in [1.165, 1.54) is 51.8 Å². The topological polar surface area (TPSA) is 201 Å². The van der Waals surface area contributed by atoms with E-state index in [4.69, 9.17) is 34.8 Å². The number of halogens is 3. The van der Waals surface area contributed by atoms with Gasteiger partial charge in [-0.3, -0.25) is 43.6 Å². The van der Waals surface area contributed by atoms with E-state index in [1.807, 2.05) is 128 Å². The van der Waals surface area contributed by atoms with Crippen molar-refractivity contribution in [3.63, 3.8) is 0 Å². The SMILES string of the molecule is CCN(CC)Cc1c(C)[nH]c(=O)c2cc(Cl)ccc12.Cc1[nH]c(=O)c2cc(Cl)ccc2c1CN(C)C.Cc1[nH]c(=O)c2cc(Cl)ccc2c1CN1CCC(c2ccccc2)CC1.Cc1[nH]c(=O)c2ccccc2c1CN1CC=C(c2ccccc2)CC1.Cc1[nH]c(=O)c2ccccc2c1CN1CCC(O)CC1. The minimum atomic E-state index is -0.153. The molecule has 2 fully saturated rings. The molecular formula is C88H99Cl3N10O6. The molecule has 12 aromatic rings. The maximum Gasteiger partial charge on any atom is 0.256 e. The van der Waals surface area contributed by atoms with Gasteiger partial charge in [-0.25, -0.2) is 0 Å². The van der Waals surface area contributed by atoms with Gasteiger partial charge >= 0.3 is 0 Å². The number of likely N-dealkylation sites (tertiary alicyclic amines) is 2. The highest BCUT2D eigenvalue weighted by molar-refractivity contribution is 6.32. The summed E-state index contributed by atoms with van der Waals surface area (Å²) < 4.78 is 0. The summed E-state index contributed by atoms with van der Waals surface area (Å²) in [5.74, 6) is 0.652. The van der Waals surface area contributed by atoms with E-state index in [2.05, 4.69) is 136 Å². The number of fused-ring (bicyclic) bond motifs is 5. The third kappa shape index (κ3) is 19.8. The molecule has 0 unspecified atom stereocenters. The molecule has 3 aliphatic rings. The molecule has 107 heavy (non-hydrogen) atoms. The van der Waals surface area contributed by atoms with Crippen molar-refractivity contribution in [2.45, 2.75) is 125 Å². The number of rotatable bonds is 14. The Morgan fingerprint density at radius 3 is 1.15 bits per heavy atom. The summed E-state index contributed by atoms with van der Waals surface area (Å²) >= 11 is 18.0. The predicted molar refractivity (Wildman–Crippen MR) is 444 cm³/mol. The van der Waals surface area contributed by atoms with Gasteiger partial charge in [-0.05, 0) is 233 Å². The molecule has 2 saturated heterocycles. The molecule has 3 aliphatic heterocycles. The fourth-order valence-corrected chi connectivity index (χ4v) is 15.6. The van der Waals surface area contributed by atoms with Crippen LogP contribution >= 0.6 is 34.8 Å². The van der Waals surface area contributed by atoms with Crippen LogP contribution in [-0.4, -0.2) is 127 Å². The highest BCUT2D eigenvalue weighted by atomic mass is 35.5. The van der Waals surface area contributed by atoms with Crippen LogP contribution in [0.25, 0.3) is 59.4 Å². The third-order valence-electron chi connectivity index (χ3n) is 21.2. The molecule has 16 nitrogen and oxygen atoms in total. The number of aromatic amines is 5. The second-order valence-electron chi connectivity index (χ2n) is 28.7. The number of piperidine rings is 2. The molecule has 6 N–H and O–H groups in total. The number of aromatic nitrogens is 5. The number of nitrogens with one attached hydrogen (secondary N) is 5. The Hall–Kier alpha value is -9.04. The van der Waals surface area contributed by atoms with Gasteiger partial charge in [0.25, 0.3) is 27.8 Å². The Kier molecular flexibility index (Phi) is 27.1. The summed E-state index contributed by atoms with van der Waals surface area (Å²) in [6.45, 7) is 26.2. The van der Waals surface area contributed by atoms with Crippen LogP contribution in [0.4, 0.5) is 0 Å². The van der Waals surface area contributed by atoms with Gasteiger partial charge in [0.2, 0.25) is 0 Å². The number of aryl methyl sites for hydroxylation is 5. The highest BCUT2D eigenvalue weighted by Crippen LogP contribution is 2.32. The molecule has 15 rings (SSSR count). The average Bonchev–Trinajstić information content (AvgIpc) is 0.807. The number of nitrogens with zero attached hydrogens (tertiary/aromatic N) is 5. The van der Waals surface area contributed by atoms with Crippen LogP contribution in [-0.2, 0) is 32.7 Å². The standard InChI is InChI=1S/C22H23ClN2O.C22H22N2O.C16H20N2O2.C15H19ClN2O.C13H15ClN2O/c1-15-21(19-8-7-18(23)13-20(19)22(26)24-15)14-25-11-9-17(10-12-25)16-5-3-2-4-6-16;1-16-21(19-9-5-6-10-20(19)22(25)23-16)15-24-13-11-18(12-14-24)17-7-3-2-4-8-17;1-11-15(10-18-8-6-12(19)7-9-18)13-4-2-3-5-14(13)16(20)17-11;1-4-18(5-2)9-14-10(3)17-15(19)13-8-11(16)6-7-12(13)14;1-8-12(7-16(2)3)10-5-4-9(14)6-11(10)13(17)15-8/h2-8,13,17H,9-12,14H2,1H3,(H,24,26);2-11H,12-15H2,1H3,(H,23,25);2-5,12,19H,6-10H2,1H3,(H,17,20);6-8H,4-5,9H2,1-3H3,(H,17,19);4-6H,7H2,1-3H3,(H,15,17). The van der Waals surface area contributed by atoms with E-state index >= 15 is 0 Å². The first kappa shape index (κ1) is 79.0. The lowest BCUT2D eigenvalue weighted by Crippen LogP contribution is -2.35. The Bertz CT molecular complexity index is 5440. The van der Waals surface area contributed by atoms with Crippen molar-refractivity contribution < 1.29 is 5.11 Å². The van der Waals surface area contributed by atoms with Crippen LogP contribution < -0.4 is 27.8 Å². The molecule has 7 aromatic carbocycles. The first-order valence-corrected chi connectivity index (χ1v) is 38.3. The van der Waals surface area contributed by atoms with Crippen molar-refractivity contribution in [1.82, 2.24) is 49.4 Å². The summed E-state index contributed by atoms with van der Waals surface area (Å²) in [4.78, 5) is 86.7. The van der Waals surface area contributed by atoms with E-state index in [0.717, 1.165) is 176 Å². The first-order chi connectivity index (χ1) is 51.5. The van der Waals surface area contributed by atoms with Gasteiger partial charge in [0, 0.05) is 129 Å². The maximum absolute atomic E-state index is 12.3. The molecule has 0 saturated carbocycles. The van der Waals surface area contributed by atoms with Crippen molar-refractivity contribution in [2.24, 2.45) is 0 Å². The van der Waals surface area contributed by atoms with Crippen molar-refractivity contribution in [1.29, 1.82) is 0 Å². The molecule has 0 bridgehead atoms. The Labute approximate surface area is 640 Å². The van der Waals surface area contributed by atoms with Crippen molar-refractivity contribution in [3.05, 3.63) is 304 Å². The molecular weight excluding hydrogens is 1400 g/mol. The maximum atomic E-state index is 12.3. The Balaban J connectivity index is 0.000000135. The largest absolute Gasteiger partial charge is 0.393 e. The third-order valence-corrected chi connectivity index (χ3v) is 21.9. The second-order valence-corrected chi connectivity index (χ2v) is 30.0. The summed E-state index contributed by atoms with van der Waals surface area (Å²) in [5.41, 5.74) is 14.6. The van der Waals surface area contributed by atoms with Crippen LogP contribution in [0, 0.1) is 34.6 Å². The number of benzene rings is 7. The summed E-state index contributed by atoms with van der Waals surface area (Å²) in [6.07, 6.45) is 7.26. The average molecular weight is 1500 g/mol. The first-order valence-electron chi connectivity index (χ1n) is 37.2. The zero-order valence-corrected chi connectivity index (χ0v) is 65.2. The van der Waals surface area contributed by atoms with E-state index in [9.17, 15) is 29.1 Å². The van der Waals surface area contributed by atoms with Gasteiger partial charge in [-0.2, -0.15) is 0 Å². The number of pyridine rings is 5. The van der Waals surface area contributed by atoms with E-state index in [1.54, 1.807) is 18.2 Å². The van der Waals surface area contributed by atoms with Gasteiger partial charge < -0.3 is 34.9 Å². The molecule has 558 valence electrons. The van der Waals surface area contributed by atoms with Crippen molar-refractivity contribution in [2.75, 3.05) is 66.5 Å². The number of aliphatic hydroxyl groups excluding tert-OH is 1. The van der Waals surface area contributed by atoms with Crippen LogP contribution in [0.15, 0.2) is 194 Å². The molecule has 0 radical (unpaired) electrons. The normalized spacial score (nSPS) is 14.7. The molecule has 0 atom stereocenters. The second kappa shape index (κ2) is 36.7. The van der Waals surface area contributed by atoms with Gasteiger partial charge in [0.1, 0.15) is 0 Å². The molecule has 8 heterocycles. The Morgan fingerprint density at radius 1 is 0.402 bits per heavy atom. The zero-order chi connectivity index (χ0) is 76.0. The predicted octanol–water partition coefficient (Wildman–Crippen LogP) is 16.7. The molecule has 0 aliphatic carbocycles. The summed E-state index contributed by atoms with van der Waals surface area (Å²) in [5, 5.41) is 20.0. The van der Waals surface area contributed by atoms with E-state index in [0.29, 0.717) is 37.1 Å². The monoisotopic (exact) mass is 1500 g/mol. The molecule has 5 aromatic heterocycles. The van der Waals surface area contributed by atoms with Gasteiger partial charge in [-0.15, -0.1) is 0 Å². The number of aliphatic hydroxyl groups is 1. The lowest BCUT2D eigenvalue weighted by Gasteiger charge is -2.32. The smallest absolute Gasteiger partial charge is 0.256 e. The number of hydrogen-bond acceptors (Lipinski definition) is 11. The van der Waals surface area contributed by atoms with E-state index in [-0.39, 0.29) is 33.9 Å². The van der Waals surface area contributed by atoms with Crippen LogP contribution in [0.3, 0.4) is 0 Å². The van der Waals surface area contributed by atoms with E-state index < -0.39 is 0 Å². The van der Waals surface area contributed by atoms with Crippen LogP contribution in [0.2, 0.25) is 15.1 Å². The zero-order valence-electron chi connectivity index (χ0n) is 62.9. The summed E-state index contributed by atoms with van der Waals surface area (Å²) in [6, 6.07) is 53.7. The number of hydrogen-bond donors (Lipinski definition) is 6. The fraction of sp³-hybridized carbons (Fsp3) is 0.330. The quantitative estimate of drug-likeness (QED) is 0.0605. The van der Waals surface area contributed by atoms with Gasteiger partial charge in [-0.1, -0.05) is 170 Å². The van der Waals surface area contributed by atoms with Gasteiger partial charge in [0.05, 0.1) is 6.10 Å². The Morgan fingerprint density at radius 2 is 0.748 bits per heavy atom. The highest BCUT2D eigenvalue weighted by Gasteiger charge is 2.24. The van der Waals surface area contributed by atoms with Crippen LogP contribution in [0.5, 0.6) is 0 Å². The van der Waals surface area contributed by atoms with Gasteiger partial charge in [0.15, 0.2) is 0 Å². The minimum absolute atomic E-state index is 0.00162.